The zero-order chi connectivity index (χ0) is 8.10. The first-order chi connectivity index (χ1) is 5.29. The average Bonchev–Trinajstić information content (AvgIpc) is 2.03. The summed E-state index contributed by atoms with van der Waals surface area (Å²) in [7, 11) is 0. The predicted octanol–water partition coefficient (Wildman–Crippen LogP) is -0.172. The van der Waals surface area contributed by atoms with E-state index in [1.54, 1.807) is 4.89 Å². The molecule has 1 fully saturated rings. The monoisotopic (exact) mass is 180 g/mol. The van der Waals surface area contributed by atoms with Crippen LogP contribution >= 0.6 is 0 Å². The average molecular weight is 180 g/mol. The smallest absolute Gasteiger partial charge is 0.178 e. The number of rotatable bonds is 3. The highest BCUT2D eigenvalue weighted by molar-refractivity contribution is 7.76. The summed E-state index contributed by atoms with van der Waals surface area (Å²) in [5, 5.41) is 0. The molecule has 0 aromatic heterocycles. The molecule has 1 aliphatic heterocycles. The van der Waals surface area contributed by atoms with Crippen LogP contribution in [-0.4, -0.2) is 21.7 Å². The Morgan fingerprint density at radius 2 is 2.45 bits per heavy atom. The van der Waals surface area contributed by atoms with E-state index >= 15 is 0 Å². The van der Waals surface area contributed by atoms with E-state index in [9.17, 15) is 8.76 Å². The van der Waals surface area contributed by atoms with E-state index in [-0.39, 0.29) is 0 Å². The number of ether oxygens (including phenoxy) is 1. The van der Waals surface area contributed by atoms with E-state index in [1.165, 1.54) is 0 Å². The zero-order valence-corrected chi connectivity index (χ0v) is 6.76. The van der Waals surface area contributed by atoms with Crippen molar-refractivity contribution >= 4 is 11.3 Å². The van der Waals surface area contributed by atoms with Gasteiger partial charge in [0.15, 0.2) is 6.29 Å². The lowest BCUT2D eigenvalue weighted by atomic mass is 10.2. The molecule has 11 heavy (non-hydrogen) atoms. The molecule has 0 amide bonds. The van der Waals surface area contributed by atoms with Gasteiger partial charge in [-0.2, -0.15) is 0 Å². The SMILES string of the molecule is O=S([O-])NOC1CCCCO1. The quantitative estimate of drug-likeness (QED) is 0.483. The topological polar surface area (TPSA) is 70.6 Å². The van der Waals surface area contributed by atoms with Crippen molar-refractivity contribution in [2.24, 2.45) is 0 Å². The Morgan fingerprint density at radius 1 is 1.64 bits per heavy atom. The van der Waals surface area contributed by atoms with Crippen molar-refractivity contribution in [3.8, 4) is 0 Å². The third-order valence-corrected chi connectivity index (χ3v) is 1.62. The van der Waals surface area contributed by atoms with Crippen LogP contribution in [0.15, 0.2) is 0 Å². The van der Waals surface area contributed by atoms with Crippen molar-refractivity contribution in [1.82, 2.24) is 4.89 Å². The summed E-state index contributed by atoms with van der Waals surface area (Å²) in [6.45, 7) is 0.637. The van der Waals surface area contributed by atoms with Crippen LogP contribution in [0.25, 0.3) is 0 Å². The fourth-order valence-corrected chi connectivity index (χ4v) is 1.08. The van der Waals surface area contributed by atoms with Gasteiger partial charge in [0, 0.05) is 24.3 Å². The number of hydrogen-bond acceptors (Lipinski definition) is 4. The molecule has 6 heteroatoms. The highest BCUT2D eigenvalue weighted by Gasteiger charge is 2.13. The predicted molar refractivity (Wildman–Crippen MR) is 36.7 cm³/mol. The summed E-state index contributed by atoms with van der Waals surface area (Å²) in [6, 6.07) is 0. The molecular formula is C5H10NO4S-. The van der Waals surface area contributed by atoms with E-state index in [4.69, 9.17) is 4.74 Å². The molecule has 66 valence electrons. The van der Waals surface area contributed by atoms with E-state index in [2.05, 4.69) is 4.84 Å². The van der Waals surface area contributed by atoms with Crippen molar-refractivity contribution < 1.29 is 18.3 Å². The molecule has 0 aromatic carbocycles. The Kier molecular flexibility index (Phi) is 3.95. The van der Waals surface area contributed by atoms with Crippen molar-refractivity contribution in [3.05, 3.63) is 0 Å². The molecule has 0 bridgehead atoms. The standard InChI is InChI=1S/C5H11NO4S/c7-11(8)6-10-5-3-1-2-4-9-5/h5-6H,1-4H2,(H,7,8)/p-1. The second kappa shape index (κ2) is 4.78. The Bertz CT molecular complexity index is 136. The molecule has 0 spiro atoms. The summed E-state index contributed by atoms with van der Waals surface area (Å²) < 4.78 is 25.0. The normalized spacial score (nSPS) is 28.3. The Labute approximate surface area is 67.4 Å². The zero-order valence-electron chi connectivity index (χ0n) is 5.95. The molecular weight excluding hydrogens is 170 g/mol. The van der Waals surface area contributed by atoms with Crippen molar-refractivity contribution in [2.75, 3.05) is 6.61 Å². The second-order valence-corrected chi connectivity index (χ2v) is 2.87. The summed E-state index contributed by atoms with van der Waals surface area (Å²) in [5.41, 5.74) is 0. The molecule has 1 N–H and O–H groups in total. The van der Waals surface area contributed by atoms with Gasteiger partial charge in [-0.25, -0.2) is 0 Å². The van der Waals surface area contributed by atoms with Crippen LogP contribution in [0.5, 0.6) is 0 Å². The van der Waals surface area contributed by atoms with E-state index in [0.717, 1.165) is 19.3 Å². The fraction of sp³-hybridized carbons (Fsp3) is 1.00. The molecule has 0 radical (unpaired) electrons. The summed E-state index contributed by atoms with van der Waals surface area (Å²) in [4.78, 5) is 6.47. The van der Waals surface area contributed by atoms with Gasteiger partial charge in [-0.3, -0.25) is 9.05 Å². The van der Waals surface area contributed by atoms with Crippen LogP contribution in [0, 0.1) is 0 Å². The molecule has 0 aromatic rings. The van der Waals surface area contributed by atoms with Crippen LogP contribution in [0.1, 0.15) is 19.3 Å². The van der Waals surface area contributed by atoms with Gasteiger partial charge in [0.2, 0.25) is 0 Å². The number of hydrogen-bond donors (Lipinski definition) is 1. The first-order valence-corrected chi connectivity index (χ1v) is 4.48. The van der Waals surface area contributed by atoms with Crippen molar-refractivity contribution in [2.45, 2.75) is 25.6 Å². The molecule has 5 nitrogen and oxygen atoms in total. The lowest BCUT2D eigenvalue weighted by molar-refractivity contribution is -0.179. The van der Waals surface area contributed by atoms with Gasteiger partial charge in [-0.1, -0.05) is 0 Å². The molecule has 2 atom stereocenters. The molecule has 1 saturated heterocycles. The second-order valence-electron chi connectivity index (χ2n) is 2.23. The van der Waals surface area contributed by atoms with Crippen molar-refractivity contribution in [1.29, 1.82) is 0 Å². The fourth-order valence-electron chi connectivity index (χ4n) is 0.897. The lowest BCUT2D eigenvalue weighted by Gasteiger charge is -2.22. The van der Waals surface area contributed by atoms with E-state index in [0.29, 0.717) is 6.61 Å². The highest BCUT2D eigenvalue weighted by atomic mass is 32.2. The van der Waals surface area contributed by atoms with E-state index in [1.807, 2.05) is 0 Å². The Hall–Kier alpha value is -0.0100. The minimum absolute atomic E-state index is 0.415. The van der Waals surface area contributed by atoms with Crippen LogP contribution in [0.2, 0.25) is 0 Å². The van der Waals surface area contributed by atoms with Gasteiger partial charge in [0.25, 0.3) is 0 Å². The summed E-state index contributed by atoms with van der Waals surface area (Å²) in [5.74, 6) is 0. The van der Waals surface area contributed by atoms with Gasteiger partial charge in [0.1, 0.15) is 0 Å². The number of nitrogens with one attached hydrogen (secondary N) is 1. The maximum atomic E-state index is 9.95. The maximum absolute atomic E-state index is 9.95. The largest absolute Gasteiger partial charge is 0.758 e. The molecule has 1 aliphatic rings. The Balaban J connectivity index is 2.09. The van der Waals surface area contributed by atoms with Crippen LogP contribution < -0.4 is 4.89 Å². The molecule has 1 heterocycles. The first kappa shape index (κ1) is 9.08. The van der Waals surface area contributed by atoms with Crippen LogP contribution in [0.3, 0.4) is 0 Å². The highest BCUT2D eigenvalue weighted by Crippen LogP contribution is 2.12. The first-order valence-electron chi connectivity index (χ1n) is 3.41. The Morgan fingerprint density at radius 3 is 3.00 bits per heavy atom. The van der Waals surface area contributed by atoms with Gasteiger partial charge >= 0.3 is 0 Å². The summed E-state index contributed by atoms with van der Waals surface area (Å²) >= 11 is -2.37. The third kappa shape index (κ3) is 3.78. The van der Waals surface area contributed by atoms with Gasteiger partial charge < -0.3 is 9.29 Å². The van der Waals surface area contributed by atoms with E-state index < -0.39 is 17.6 Å². The minimum atomic E-state index is -2.37. The van der Waals surface area contributed by atoms with Gasteiger partial charge in [-0.15, -0.1) is 4.89 Å². The van der Waals surface area contributed by atoms with Gasteiger partial charge in [-0.05, 0) is 12.8 Å². The third-order valence-electron chi connectivity index (χ3n) is 1.39. The molecule has 0 saturated carbocycles. The molecule has 1 rings (SSSR count). The maximum Gasteiger partial charge on any atom is 0.178 e. The lowest BCUT2D eigenvalue weighted by Crippen LogP contribution is -2.30. The molecule has 0 aliphatic carbocycles. The summed E-state index contributed by atoms with van der Waals surface area (Å²) in [6.07, 6.45) is 2.35. The van der Waals surface area contributed by atoms with Gasteiger partial charge in [0.05, 0.1) is 0 Å². The van der Waals surface area contributed by atoms with Crippen LogP contribution in [0.4, 0.5) is 0 Å². The minimum Gasteiger partial charge on any atom is -0.758 e. The molecule has 2 unspecified atom stereocenters. The van der Waals surface area contributed by atoms with Crippen LogP contribution in [-0.2, 0) is 20.8 Å². The van der Waals surface area contributed by atoms with Crippen molar-refractivity contribution in [3.63, 3.8) is 0 Å².